The summed E-state index contributed by atoms with van der Waals surface area (Å²) < 4.78 is 36.6. The molecule has 0 heterocycles. The lowest BCUT2D eigenvalue weighted by molar-refractivity contribution is -0.185. The summed E-state index contributed by atoms with van der Waals surface area (Å²) in [5.74, 6) is -1.01. The molecule has 1 saturated carbocycles. The molecule has 0 aliphatic heterocycles. The lowest BCUT2D eigenvalue weighted by Crippen LogP contribution is -2.31. The largest absolute Gasteiger partial charge is 0.391 e. The van der Waals surface area contributed by atoms with Crippen LogP contribution in [0.5, 0.6) is 0 Å². The van der Waals surface area contributed by atoms with E-state index >= 15 is 0 Å². The number of hydrogen-bond acceptors (Lipinski definition) is 1. The molecule has 0 aromatic carbocycles. The Morgan fingerprint density at radius 2 is 1.92 bits per heavy atom. The number of nitrogens with two attached hydrogens (primary N) is 1. The highest BCUT2D eigenvalue weighted by atomic mass is 19.4. The van der Waals surface area contributed by atoms with Crippen molar-refractivity contribution in [1.29, 1.82) is 0 Å². The van der Waals surface area contributed by atoms with E-state index in [2.05, 4.69) is 0 Å². The predicted molar refractivity (Wildman–Crippen MR) is 40.6 cm³/mol. The zero-order valence-electron chi connectivity index (χ0n) is 6.90. The molecule has 0 saturated heterocycles. The summed E-state index contributed by atoms with van der Waals surface area (Å²) >= 11 is 0. The normalized spacial score (nSPS) is 32.0. The molecule has 1 nitrogen and oxygen atoms in total. The second kappa shape index (κ2) is 3.64. The quantitative estimate of drug-likeness (QED) is 0.660. The number of rotatable bonds is 1. The molecule has 12 heavy (non-hydrogen) atoms. The van der Waals surface area contributed by atoms with E-state index in [1.54, 1.807) is 0 Å². The van der Waals surface area contributed by atoms with Crippen LogP contribution in [0.1, 0.15) is 25.7 Å². The van der Waals surface area contributed by atoms with E-state index in [1.165, 1.54) is 0 Å². The number of halogens is 3. The monoisotopic (exact) mass is 181 g/mol. The van der Waals surface area contributed by atoms with E-state index in [0.717, 1.165) is 6.42 Å². The van der Waals surface area contributed by atoms with Crippen LogP contribution in [-0.2, 0) is 0 Å². The van der Waals surface area contributed by atoms with Crippen molar-refractivity contribution in [2.45, 2.75) is 31.9 Å². The first-order chi connectivity index (χ1) is 5.54. The molecular weight excluding hydrogens is 167 g/mol. The van der Waals surface area contributed by atoms with Crippen LogP contribution in [0.25, 0.3) is 0 Å². The van der Waals surface area contributed by atoms with Gasteiger partial charge in [-0.05, 0) is 31.7 Å². The highest BCUT2D eigenvalue weighted by Gasteiger charge is 2.41. The summed E-state index contributed by atoms with van der Waals surface area (Å²) in [4.78, 5) is 0. The fourth-order valence-corrected chi connectivity index (χ4v) is 1.80. The summed E-state index contributed by atoms with van der Waals surface area (Å²) in [5.41, 5.74) is 5.34. The summed E-state index contributed by atoms with van der Waals surface area (Å²) in [6, 6.07) is 0. The van der Waals surface area contributed by atoms with E-state index in [-0.39, 0.29) is 12.3 Å². The van der Waals surface area contributed by atoms with Gasteiger partial charge in [0.15, 0.2) is 0 Å². The second-order valence-corrected chi connectivity index (χ2v) is 3.51. The minimum atomic E-state index is -4.01. The Labute approximate surface area is 70.1 Å². The van der Waals surface area contributed by atoms with Gasteiger partial charge in [-0.2, -0.15) is 13.2 Å². The van der Waals surface area contributed by atoms with Gasteiger partial charge < -0.3 is 5.73 Å². The molecule has 1 aliphatic rings. The molecule has 2 N–H and O–H groups in total. The van der Waals surface area contributed by atoms with Crippen molar-refractivity contribution in [3.05, 3.63) is 0 Å². The third-order valence-corrected chi connectivity index (χ3v) is 2.58. The van der Waals surface area contributed by atoms with Gasteiger partial charge in [-0.1, -0.05) is 6.42 Å². The lowest BCUT2D eigenvalue weighted by Gasteiger charge is -2.29. The molecule has 0 amide bonds. The molecule has 2 unspecified atom stereocenters. The number of hydrogen-bond donors (Lipinski definition) is 1. The molecule has 2 atom stereocenters. The smallest absolute Gasteiger partial charge is 0.330 e. The molecule has 1 fully saturated rings. The molecule has 0 bridgehead atoms. The second-order valence-electron chi connectivity index (χ2n) is 3.51. The summed E-state index contributed by atoms with van der Waals surface area (Å²) in [6.07, 6.45) is -1.94. The zero-order chi connectivity index (χ0) is 9.19. The molecule has 0 spiro atoms. The van der Waals surface area contributed by atoms with Crippen molar-refractivity contribution in [3.63, 3.8) is 0 Å². The van der Waals surface area contributed by atoms with Crippen LogP contribution < -0.4 is 5.73 Å². The first-order valence-electron chi connectivity index (χ1n) is 4.31. The van der Waals surface area contributed by atoms with Crippen molar-refractivity contribution in [2.24, 2.45) is 17.6 Å². The molecule has 1 aliphatic carbocycles. The van der Waals surface area contributed by atoms with Crippen molar-refractivity contribution in [1.82, 2.24) is 0 Å². The molecule has 4 heteroatoms. The fraction of sp³-hybridized carbons (Fsp3) is 1.00. The first kappa shape index (κ1) is 9.84. The molecule has 0 radical (unpaired) electrons. The molecule has 0 aromatic rings. The summed E-state index contributed by atoms with van der Waals surface area (Å²) in [7, 11) is 0. The van der Waals surface area contributed by atoms with Crippen molar-refractivity contribution < 1.29 is 13.2 Å². The van der Waals surface area contributed by atoms with E-state index in [0.29, 0.717) is 19.4 Å². The maximum atomic E-state index is 12.2. The van der Waals surface area contributed by atoms with E-state index in [1.807, 2.05) is 0 Å². The maximum absolute atomic E-state index is 12.2. The molecule has 1 rings (SSSR count). The van der Waals surface area contributed by atoms with Gasteiger partial charge in [-0.15, -0.1) is 0 Å². The van der Waals surface area contributed by atoms with Gasteiger partial charge in [0, 0.05) is 0 Å². The van der Waals surface area contributed by atoms with Crippen LogP contribution >= 0.6 is 0 Å². The van der Waals surface area contributed by atoms with Crippen LogP contribution in [0.3, 0.4) is 0 Å². The van der Waals surface area contributed by atoms with E-state index < -0.39 is 12.1 Å². The van der Waals surface area contributed by atoms with Gasteiger partial charge in [-0.3, -0.25) is 0 Å². The van der Waals surface area contributed by atoms with Crippen LogP contribution in [0.4, 0.5) is 13.2 Å². The third kappa shape index (κ3) is 2.37. The van der Waals surface area contributed by atoms with Gasteiger partial charge >= 0.3 is 6.18 Å². The van der Waals surface area contributed by atoms with Gasteiger partial charge in [0.1, 0.15) is 0 Å². The molecule has 72 valence electrons. The number of alkyl halides is 3. The Bertz CT molecular complexity index is 144. The minimum Gasteiger partial charge on any atom is -0.330 e. The van der Waals surface area contributed by atoms with Crippen molar-refractivity contribution >= 4 is 0 Å². The van der Waals surface area contributed by atoms with Gasteiger partial charge in [-0.25, -0.2) is 0 Å². The molecular formula is C8H14F3N. The highest BCUT2D eigenvalue weighted by molar-refractivity contribution is 4.77. The highest BCUT2D eigenvalue weighted by Crippen LogP contribution is 2.39. The summed E-state index contributed by atoms with van der Waals surface area (Å²) in [6.45, 7) is 0.395. The SMILES string of the molecule is NCC1CCCC(C(F)(F)F)C1. The van der Waals surface area contributed by atoms with E-state index in [4.69, 9.17) is 5.73 Å². The van der Waals surface area contributed by atoms with Crippen molar-refractivity contribution in [3.8, 4) is 0 Å². The Hall–Kier alpha value is -0.250. The Morgan fingerprint density at radius 1 is 1.25 bits per heavy atom. The summed E-state index contributed by atoms with van der Waals surface area (Å²) in [5, 5.41) is 0. The lowest BCUT2D eigenvalue weighted by atomic mass is 9.81. The van der Waals surface area contributed by atoms with Crippen LogP contribution in [0, 0.1) is 11.8 Å². The van der Waals surface area contributed by atoms with Crippen LogP contribution in [-0.4, -0.2) is 12.7 Å². The molecule has 0 aromatic heterocycles. The minimum absolute atomic E-state index is 0.0883. The first-order valence-corrected chi connectivity index (χ1v) is 4.31. The average molecular weight is 181 g/mol. The maximum Gasteiger partial charge on any atom is 0.391 e. The zero-order valence-corrected chi connectivity index (χ0v) is 6.90. The topological polar surface area (TPSA) is 26.0 Å². The fourth-order valence-electron chi connectivity index (χ4n) is 1.80. The van der Waals surface area contributed by atoms with Gasteiger partial charge in [0.2, 0.25) is 0 Å². The predicted octanol–water partition coefficient (Wildman–Crippen LogP) is 2.31. The Kier molecular flexibility index (Phi) is 2.99. The average Bonchev–Trinajstić information content (AvgIpc) is 2.03. The Morgan fingerprint density at radius 3 is 2.42 bits per heavy atom. The standard InChI is InChI=1S/C8H14F3N/c9-8(10,11)7-3-1-2-6(4-7)5-12/h6-7H,1-5,12H2. The van der Waals surface area contributed by atoms with Gasteiger partial charge in [0.05, 0.1) is 5.92 Å². The Balaban J connectivity index is 2.46. The third-order valence-electron chi connectivity index (χ3n) is 2.58. The van der Waals surface area contributed by atoms with Gasteiger partial charge in [0.25, 0.3) is 0 Å². The van der Waals surface area contributed by atoms with Crippen LogP contribution in [0.15, 0.2) is 0 Å². The van der Waals surface area contributed by atoms with Crippen molar-refractivity contribution in [2.75, 3.05) is 6.54 Å². The van der Waals surface area contributed by atoms with E-state index in [9.17, 15) is 13.2 Å². The van der Waals surface area contributed by atoms with Crippen LogP contribution in [0.2, 0.25) is 0 Å².